The van der Waals surface area contributed by atoms with Gasteiger partial charge in [0.1, 0.15) is 0 Å². The van der Waals surface area contributed by atoms with E-state index in [1.54, 1.807) is 5.57 Å². The van der Waals surface area contributed by atoms with E-state index in [4.69, 9.17) is 0 Å². The third-order valence-electron chi connectivity index (χ3n) is 4.53. The maximum absolute atomic E-state index is 2.65. The summed E-state index contributed by atoms with van der Waals surface area (Å²) in [5.74, 6) is 2.01. The molecule has 1 saturated carbocycles. The molecule has 2 bridgehead atoms. The molecule has 14 heavy (non-hydrogen) atoms. The molecule has 2 fully saturated rings. The zero-order valence-corrected chi connectivity index (χ0v) is 9.21. The summed E-state index contributed by atoms with van der Waals surface area (Å²) in [6, 6.07) is 0.893. The largest absolute Gasteiger partial charge is 0.374 e. The fourth-order valence-electron chi connectivity index (χ4n) is 3.50. The van der Waals surface area contributed by atoms with Crippen molar-refractivity contribution in [2.75, 3.05) is 6.54 Å². The second-order valence-electron chi connectivity index (χ2n) is 5.53. The van der Waals surface area contributed by atoms with Crippen molar-refractivity contribution >= 4 is 0 Å². The second-order valence-corrected chi connectivity index (χ2v) is 5.53. The molecule has 4 aliphatic rings. The molecule has 0 aromatic rings. The number of nitrogens with zero attached hydrogens (tertiary/aromatic N) is 1. The van der Waals surface area contributed by atoms with E-state index >= 15 is 0 Å². The minimum absolute atomic E-state index is 0.893. The Kier molecular flexibility index (Phi) is 2.07. The van der Waals surface area contributed by atoms with Gasteiger partial charge in [-0.2, -0.15) is 0 Å². The minimum atomic E-state index is 0.893. The van der Waals surface area contributed by atoms with Gasteiger partial charge in [-0.15, -0.1) is 0 Å². The van der Waals surface area contributed by atoms with Crippen molar-refractivity contribution in [1.82, 2.24) is 4.90 Å². The van der Waals surface area contributed by atoms with E-state index in [-0.39, 0.29) is 0 Å². The molecule has 0 aromatic heterocycles. The van der Waals surface area contributed by atoms with Crippen LogP contribution in [0.25, 0.3) is 0 Å². The van der Waals surface area contributed by atoms with Gasteiger partial charge in [0.15, 0.2) is 0 Å². The maximum Gasteiger partial charge on any atom is 0.0287 e. The smallest absolute Gasteiger partial charge is 0.0287 e. The van der Waals surface area contributed by atoms with Crippen LogP contribution in [0.1, 0.15) is 45.4 Å². The lowest BCUT2D eigenvalue weighted by Crippen LogP contribution is -2.42. The molecule has 1 atom stereocenters. The van der Waals surface area contributed by atoms with Crippen LogP contribution in [0.5, 0.6) is 0 Å². The van der Waals surface area contributed by atoms with Crippen molar-refractivity contribution in [3.63, 3.8) is 0 Å². The van der Waals surface area contributed by atoms with Gasteiger partial charge in [0.25, 0.3) is 0 Å². The van der Waals surface area contributed by atoms with Crippen LogP contribution in [0.15, 0.2) is 11.8 Å². The first-order chi connectivity index (χ1) is 6.83. The molecular weight excluding hydrogens is 170 g/mol. The molecule has 1 heteroatoms. The number of piperidine rings is 1. The third kappa shape index (κ3) is 1.37. The minimum Gasteiger partial charge on any atom is -0.374 e. The first-order valence-electron chi connectivity index (χ1n) is 6.27. The Bertz CT molecular complexity index is 250. The first-order valence-corrected chi connectivity index (χ1v) is 6.27. The molecule has 1 nitrogen and oxygen atoms in total. The SMILES string of the molecule is C/C1=C/N2CCCCC2CC2CC1C2. The predicted molar refractivity (Wildman–Crippen MR) is 58.9 cm³/mol. The molecule has 1 unspecified atom stereocenters. The van der Waals surface area contributed by atoms with Gasteiger partial charge in [-0.1, -0.05) is 5.57 Å². The summed E-state index contributed by atoms with van der Waals surface area (Å²) in [5.41, 5.74) is 1.66. The van der Waals surface area contributed by atoms with Gasteiger partial charge >= 0.3 is 0 Å². The predicted octanol–water partition coefficient (Wildman–Crippen LogP) is 3.17. The van der Waals surface area contributed by atoms with E-state index < -0.39 is 0 Å². The summed E-state index contributed by atoms with van der Waals surface area (Å²) in [6.45, 7) is 3.67. The van der Waals surface area contributed by atoms with Crippen LogP contribution < -0.4 is 0 Å². The van der Waals surface area contributed by atoms with Crippen LogP contribution in [0, 0.1) is 11.8 Å². The quantitative estimate of drug-likeness (QED) is 0.568. The van der Waals surface area contributed by atoms with E-state index in [0.717, 1.165) is 17.9 Å². The van der Waals surface area contributed by atoms with Gasteiger partial charge in [-0.25, -0.2) is 0 Å². The molecule has 78 valence electrons. The first kappa shape index (κ1) is 8.82. The molecular formula is C13H21N. The number of rotatable bonds is 0. The Morgan fingerprint density at radius 1 is 1.21 bits per heavy atom. The highest BCUT2D eigenvalue weighted by molar-refractivity contribution is 5.11. The third-order valence-corrected chi connectivity index (χ3v) is 4.53. The van der Waals surface area contributed by atoms with E-state index in [0.29, 0.717) is 0 Å². The lowest BCUT2D eigenvalue weighted by Gasteiger charge is -2.46. The number of allylic oxidation sites excluding steroid dienone is 1. The molecule has 1 saturated heterocycles. The van der Waals surface area contributed by atoms with Gasteiger partial charge in [0.05, 0.1) is 0 Å². The van der Waals surface area contributed by atoms with Crippen molar-refractivity contribution in [3.8, 4) is 0 Å². The van der Waals surface area contributed by atoms with E-state index in [1.807, 2.05) is 0 Å². The number of hydrogen-bond donors (Lipinski definition) is 0. The van der Waals surface area contributed by atoms with Crippen LogP contribution in [0.2, 0.25) is 0 Å². The zero-order valence-electron chi connectivity index (χ0n) is 9.21. The fraction of sp³-hybridized carbons (Fsp3) is 0.846. The molecule has 0 aromatic carbocycles. The van der Waals surface area contributed by atoms with Crippen LogP contribution in [-0.2, 0) is 0 Å². The van der Waals surface area contributed by atoms with E-state index in [2.05, 4.69) is 18.0 Å². The van der Waals surface area contributed by atoms with Gasteiger partial charge < -0.3 is 4.90 Å². The fourth-order valence-corrected chi connectivity index (χ4v) is 3.50. The Hall–Kier alpha value is -0.460. The lowest BCUT2D eigenvalue weighted by molar-refractivity contribution is 0.109. The van der Waals surface area contributed by atoms with E-state index in [9.17, 15) is 0 Å². The molecule has 4 rings (SSSR count). The highest BCUT2D eigenvalue weighted by Gasteiger charge is 2.36. The van der Waals surface area contributed by atoms with E-state index in [1.165, 1.54) is 45.1 Å². The maximum atomic E-state index is 2.65. The summed E-state index contributed by atoms with van der Waals surface area (Å²) in [5, 5.41) is 0. The van der Waals surface area contributed by atoms with Crippen LogP contribution in [0.3, 0.4) is 0 Å². The molecule has 0 radical (unpaired) electrons. The average Bonchev–Trinajstić information content (AvgIpc) is 2.08. The van der Waals surface area contributed by atoms with Gasteiger partial charge in [-0.3, -0.25) is 0 Å². The average molecular weight is 191 g/mol. The second kappa shape index (κ2) is 3.29. The lowest BCUT2D eigenvalue weighted by atomic mass is 9.67. The topological polar surface area (TPSA) is 3.24 Å². The van der Waals surface area contributed by atoms with Gasteiger partial charge in [0.2, 0.25) is 0 Å². The summed E-state index contributed by atoms with van der Waals surface area (Å²) in [6.07, 6.45) is 11.3. The Morgan fingerprint density at radius 3 is 2.93 bits per heavy atom. The Labute approximate surface area is 87.2 Å². The highest BCUT2D eigenvalue weighted by atomic mass is 15.1. The molecule has 3 heterocycles. The van der Waals surface area contributed by atoms with Gasteiger partial charge in [0, 0.05) is 12.6 Å². The van der Waals surface area contributed by atoms with Crippen LogP contribution in [0.4, 0.5) is 0 Å². The Balaban J connectivity index is 1.83. The summed E-state index contributed by atoms with van der Waals surface area (Å²) >= 11 is 0. The summed E-state index contributed by atoms with van der Waals surface area (Å²) < 4.78 is 0. The van der Waals surface area contributed by atoms with Crippen LogP contribution >= 0.6 is 0 Å². The summed E-state index contributed by atoms with van der Waals surface area (Å²) in [7, 11) is 0. The van der Waals surface area contributed by atoms with Crippen molar-refractivity contribution in [1.29, 1.82) is 0 Å². The molecule has 0 N–H and O–H groups in total. The standard InChI is InChI=1S/C13H21N/c1-10-9-14-5-3-2-4-13(14)8-11-6-12(10)7-11/h9,11-13H,2-8H2,1H3/b10-9-. The monoisotopic (exact) mass is 191 g/mol. The van der Waals surface area contributed by atoms with Crippen molar-refractivity contribution < 1.29 is 0 Å². The molecule has 0 amide bonds. The summed E-state index contributed by atoms with van der Waals surface area (Å²) in [4.78, 5) is 2.65. The molecule has 3 aliphatic heterocycles. The number of hydrogen-bond acceptors (Lipinski definition) is 1. The Morgan fingerprint density at radius 2 is 2.07 bits per heavy atom. The van der Waals surface area contributed by atoms with Gasteiger partial charge in [-0.05, 0) is 63.5 Å². The normalized spacial score (nSPS) is 45.4. The highest BCUT2D eigenvalue weighted by Crippen LogP contribution is 2.44. The van der Waals surface area contributed by atoms with Crippen molar-refractivity contribution in [3.05, 3.63) is 11.8 Å². The zero-order chi connectivity index (χ0) is 9.54. The van der Waals surface area contributed by atoms with Crippen LogP contribution in [-0.4, -0.2) is 17.5 Å². The van der Waals surface area contributed by atoms with Crippen molar-refractivity contribution in [2.45, 2.75) is 51.5 Å². The van der Waals surface area contributed by atoms with Crippen molar-refractivity contribution in [2.24, 2.45) is 11.8 Å². The molecule has 0 spiro atoms. The molecule has 1 aliphatic carbocycles.